The Morgan fingerprint density at radius 3 is 2.35 bits per heavy atom. The minimum atomic E-state index is -1.17. The smallest absolute Gasteiger partial charge is 0.309 e. The van der Waals surface area contributed by atoms with Gasteiger partial charge in [0, 0.05) is 5.56 Å². The Bertz CT molecular complexity index is 418. The number of aliphatic hydroxyl groups excluding tert-OH is 1. The largest absolute Gasteiger partial charge is 0.481 e. The SMILES string of the molecule is CC(C)C(C(=O)O)C(O)c1cccc(Cl)c1Cl. The minimum absolute atomic E-state index is 0.202. The van der Waals surface area contributed by atoms with Gasteiger partial charge >= 0.3 is 5.97 Å². The molecule has 1 aromatic rings. The lowest BCUT2D eigenvalue weighted by Gasteiger charge is -2.23. The molecule has 2 atom stereocenters. The van der Waals surface area contributed by atoms with Crippen LogP contribution in [0.15, 0.2) is 18.2 Å². The lowest BCUT2D eigenvalue weighted by Crippen LogP contribution is -2.27. The molecule has 3 nitrogen and oxygen atoms in total. The summed E-state index contributed by atoms with van der Waals surface area (Å²) in [4.78, 5) is 11.1. The zero-order valence-electron chi connectivity index (χ0n) is 9.52. The third kappa shape index (κ3) is 3.12. The van der Waals surface area contributed by atoms with E-state index in [2.05, 4.69) is 0 Å². The van der Waals surface area contributed by atoms with Crippen molar-refractivity contribution in [1.29, 1.82) is 0 Å². The molecule has 1 rings (SSSR count). The fourth-order valence-electron chi connectivity index (χ4n) is 1.73. The first kappa shape index (κ1) is 14.3. The average Bonchev–Trinajstić information content (AvgIpc) is 2.20. The maximum absolute atomic E-state index is 11.1. The Morgan fingerprint density at radius 1 is 1.29 bits per heavy atom. The molecule has 1 aromatic carbocycles. The van der Waals surface area contributed by atoms with Crippen molar-refractivity contribution < 1.29 is 15.0 Å². The molecule has 0 aliphatic carbocycles. The molecule has 0 saturated carbocycles. The molecule has 0 bridgehead atoms. The van der Waals surface area contributed by atoms with Gasteiger partial charge in [0.05, 0.1) is 22.1 Å². The van der Waals surface area contributed by atoms with Gasteiger partial charge < -0.3 is 10.2 Å². The first-order valence-corrected chi connectivity index (χ1v) is 5.96. The summed E-state index contributed by atoms with van der Waals surface area (Å²) in [6, 6.07) is 4.80. The van der Waals surface area contributed by atoms with Crippen LogP contribution in [0.5, 0.6) is 0 Å². The van der Waals surface area contributed by atoms with Crippen LogP contribution in [0.2, 0.25) is 10.0 Å². The van der Waals surface area contributed by atoms with Crippen LogP contribution in [0.1, 0.15) is 25.5 Å². The number of hydrogen-bond acceptors (Lipinski definition) is 2. The Balaban J connectivity index is 3.14. The van der Waals surface area contributed by atoms with Crippen molar-refractivity contribution in [1.82, 2.24) is 0 Å². The van der Waals surface area contributed by atoms with E-state index in [0.717, 1.165) is 0 Å². The zero-order valence-corrected chi connectivity index (χ0v) is 11.0. The molecule has 0 aliphatic heterocycles. The van der Waals surface area contributed by atoms with E-state index in [-0.39, 0.29) is 10.9 Å². The summed E-state index contributed by atoms with van der Waals surface area (Å²) < 4.78 is 0. The molecule has 5 heteroatoms. The molecule has 0 spiro atoms. The molecule has 17 heavy (non-hydrogen) atoms. The van der Waals surface area contributed by atoms with Crippen molar-refractivity contribution in [2.24, 2.45) is 11.8 Å². The molecule has 0 radical (unpaired) electrons. The van der Waals surface area contributed by atoms with Gasteiger partial charge in [-0.3, -0.25) is 4.79 Å². The summed E-state index contributed by atoms with van der Waals surface area (Å²) in [5.74, 6) is -2.17. The molecule has 94 valence electrons. The van der Waals surface area contributed by atoms with Crippen molar-refractivity contribution in [3.05, 3.63) is 33.8 Å². The summed E-state index contributed by atoms with van der Waals surface area (Å²) >= 11 is 11.8. The predicted molar refractivity (Wildman–Crippen MR) is 67.4 cm³/mol. The lowest BCUT2D eigenvalue weighted by molar-refractivity contribution is -0.148. The number of benzene rings is 1. The number of halogens is 2. The lowest BCUT2D eigenvalue weighted by atomic mass is 9.86. The summed E-state index contributed by atoms with van der Waals surface area (Å²) in [7, 11) is 0. The maximum atomic E-state index is 11.1. The Labute approximate surface area is 110 Å². The summed E-state index contributed by atoms with van der Waals surface area (Å²) in [5.41, 5.74) is 0.347. The van der Waals surface area contributed by atoms with Crippen LogP contribution in [-0.2, 0) is 4.79 Å². The Morgan fingerprint density at radius 2 is 1.88 bits per heavy atom. The number of rotatable bonds is 4. The highest BCUT2D eigenvalue weighted by molar-refractivity contribution is 6.42. The van der Waals surface area contributed by atoms with E-state index < -0.39 is 18.0 Å². The van der Waals surface area contributed by atoms with E-state index in [4.69, 9.17) is 28.3 Å². The first-order chi connectivity index (χ1) is 7.86. The van der Waals surface area contributed by atoms with Gasteiger partial charge in [-0.25, -0.2) is 0 Å². The molecule has 0 amide bonds. The molecular formula is C12H14Cl2O3. The number of carboxylic acids is 1. The molecule has 0 aromatic heterocycles. The van der Waals surface area contributed by atoms with E-state index in [0.29, 0.717) is 10.6 Å². The summed E-state index contributed by atoms with van der Waals surface area (Å²) in [6.45, 7) is 3.47. The standard InChI is InChI=1S/C12H14Cl2O3/c1-6(2)9(12(16)17)11(15)7-4-3-5-8(13)10(7)14/h3-6,9,11,15H,1-2H3,(H,16,17). The van der Waals surface area contributed by atoms with Crippen molar-refractivity contribution >= 4 is 29.2 Å². The molecule has 0 saturated heterocycles. The summed E-state index contributed by atoms with van der Waals surface area (Å²) in [6.07, 6.45) is -1.17. The van der Waals surface area contributed by atoms with Crippen molar-refractivity contribution in [3.8, 4) is 0 Å². The zero-order chi connectivity index (χ0) is 13.2. The predicted octanol–water partition coefficient (Wildman–Crippen LogP) is 3.38. The van der Waals surface area contributed by atoms with Gasteiger partial charge in [-0.2, -0.15) is 0 Å². The van der Waals surface area contributed by atoms with Gasteiger partial charge in [-0.15, -0.1) is 0 Å². The second-order valence-electron chi connectivity index (χ2n) is 4.20. The van der Waals surface area contributed by atoms with Crippen molar-refractivity contribution in [2.75, 3.05) is 0 Å². The van der Waals surface area contributed by atoms with Crippen molar-refractivity contribution in [3.63, 3.8) is 0 Å². The number of aliphatic carboxylic acids is 1. The van der Waals surface area contributed by atoms with Crippen molar-refractivity contribution in [2.45, 2.75) is 20.0 Å². The third-order valence-corrected chi connectivity index (χ3v) is 3.48. The van der Waals surface area contributed by atoms with Gasteiger partial charge in [0.25, 0.3) is 0 Å². The van der Waals surface area contributed by atoms with Crippen LogP contribution in [0.25, 0.3) is 0 Å². The molecule has 0 fully saturated rings. The Kier molecular flexibility index (Phi) is 4.80. The quantitative estimate of drug-likeness (QED) is 0.886. The van der Waals surface area contributed by atoms with E-state index in [1.54, 1.807) is 32.0 Å². The van der Waals surface area contributed by atoms with Crippen LogP contribution in [-0.4, -0.2) is 16.2 Å². The summed E-state index contributed by atoms with van der Waals surface area (Å²) in [5, 5.41) is 19.7. The number of aliphatic hydroxyl groups is 1. The van der Waals surface area contributed by atoms with Crippen LogP contribution in [0.4, 0.5) is 0 Å². The second kappa shape index (κ2) is 5.71. The fourth-order valence-corrected chi connectivity index (χ4v) is 2.15. The van der Waals surface area contributed by atoms with Gasteiger partial charge in [0.2, 0.25) is 0 Å². The highest BCUT2D eigenvalue weighted by Crippen LogP contribution is 2.35. The van der Waals surface area contributed by atoms with Gasteiger partial charge in [-0.1, -0.05) is 49.2 Å². The third-order valence-electron chi connectivity index (χ3n) is 2.64. The van der Waals surface area contributed by atoms with E-state index in [9.17, 15) is 9.90 Å². The molecule has 2 unspecified atom stereocenters. The van der Waals surface area contributed by atoms with Gasteiger partial charge in [0.15, 0.2) is 0 Å². The van der Waals surface area contributed by atoms with E-state index in [1.807, 2.05) is 0 Å². The highest BCUT2D eigenvalue weighted by atomic mass is 35.5. The van der Waals surface area contributed by atoms with Gasteiger partial charge in [-0.05, 0) is 12.0 Å². The van der Waals surface area contributed by atoms with Gasteiger partial charge in [0.1, 0.15) is 0 Å². The molecule has 0 aliphatic rings. The average molecular weight is 277 g/mol. The monoisotopic (exact) mass is 276 g/mol. The number of carboxylic acid groups (broad SMARTS) is 1. The normalized spacial score (nSPS) is 14.7. The van der Waals surface area contributed by atoms with Crippen LogP contribution < -0.4 is 0 Å². The van der Waals surface area contributed by atoms with Crippen LogP contribution in [0.3, 0.4) is 0 Å². The molecular weight excluding hydrogens is 263 g/mol. The maximum Gasteiger partial charge on any atom is 0.309 e. The fraction of sp³-hybridized carbons (Fsp3) is 0.417. The number of hydrogen-bond donors (Lipinski definition) is 2. The first-order valence-electron chi connectivity index (χ1n) is 5.21. The molecule has 0 heterocycles. The van der Waals surface area contributed by atoms with E-state index in [1.165, 1.54) is 0 Å². The molecule has 2 N–H and O–H groups in total. The second-order valence-corrected chi connectivity index (χ2v) is 4.98. The van der Waals surface area contributed by atoms with Crippen LogP contribution in [0, 0.1) is 11.8 Å². The highest BCUT2D eigenvalue weighted by Gasteiger charge is 2.32. The van der Waals surface area contributed by atoms with E-state index >= 15 is 0 Å². The number of carbonyl (C=O) groups is 1. The van der Waals surface area contributed by atoms with Crippen LogP contribution >= 0.6 is 23.2 Å². The topological polar surface area (TPSA) is 57.5 Å². The Hall–Kier alpha value is -0.770. The minimum Gasteiger partial charge on any atom is -0.481 e.